The lowest BCUT2D eigenvalue weighted by molar-refractivity contribution is -0.132. The van der Waals surface area contributed by atoms with Gasteiger partial charge in [0.25, 0.3) is 0 Å². The van der Waals surface area contributed by atoms with Crippen molar-refractivity contribution in [2.75, 3.05) is 0 Å². The zero-order chi connectivity index (χ0) is 11.8. The van der Waals surface area contributed by atoms with E-state index in [1.807, 2.05) is 27.7 Å². The van der Waals surface area contributed by atoms with Crippen LogP contribution in [0.25, 0.3) is 0 Å². The van der Waals surface area contributed by atoms with Crippen molar-refractivity contribution >= 4 is 5.97 Å². The molecule has 0 rings (SSSR count). The summed E-state index contributed by atoms with van der Waals surface area (Å²) in [4.78, 5) is 10.1. The topological polar surface area (TPSA) is 63.3 Å². The van der Waals surface area contributed by atoms with Crippen LogP contribution in [0.4, 0.5) is 0 Å². The highest BCUT2D eigenvalue weighted by Gasteiger charge is 1.96. The minimum absolute atomic E-state index is 0. The lowest BCUT2D eigenvalue weighted by Crippen LogP contribution is -2.26. The summed E-state index contributed by atoms with van der Waals surface area (Å²) < 4.78 is 0. The van der Waals surface area contributed by atoms with Gasteiger partial charge in [0.2, 0.25) is 0 Å². The molecule has 0 spiro atoms. The van der Waals surface area contributed by atoms with Crippen LogP contribution in [0, 0.1) is 0 Å². The molecule has 0 saturated heterocycles. The van der Waals surface area contributed by atoms with Crippen LogP contribution in [0.15, 0.2) is 11.6 Å². The van der Waals surface area contributed by atoms with Crippen molar-refractivity contribution in [1.29, 1.82) is 0 Å². The van der Waals surface area contributed by atoms with Gasteiger partial charge >= 0.3 is 5.97 Å². The van der Waals surface area contributed by atoms with E-state index >= 15 is 0 Å². The van der Waals surface area contributed by atoms with Gasteiger partial charge in [0.05, 0.1) is 0 Å². The average molecular weight is 201 g/mol. The number of rotatable bonds is 3. The van der Waals surface area contributed by atoms with Crippen molar-refractivity contribution in [3.05, 3.63) is 11.6 Å². The highest BCUT2D eigenvalue weighted by Crippen LogP contribution is 1.96. The smallest absolute Gasteiger partial charge is 0.330 e. The molecule has 0 unspecified atom stereocenters. The lowest BCUT2D eigenvalue weighted by atomic mass is 10.1. The zero-order valence-electron chi connectivity index (χ0n) is 9.92. The van der Waals surface area contributed by atoms with Crippen molar-refractivity contribution < 1.29 is 9.90 Å². The van der Waals surface area contributed by atoms with E-state index in [0.717, 1.165) is 12.8 Å². The van der Waals surface area contributed by atoms with E-state index in [0.29, 0.717) is 5.57 Å². The summed E-state index contributed by atoms with van der Waals surface area (Å²) in [6.07, 6.45) is 3.60. The molecule has 0 atom stereocenters. The fraction of sp³-hybridized carbons (Fsp3) is 0.727. The molecule has 84 valence electrons. The summed E-state index contributed by atoms with van der Waals surface area (Å²) in [6, 6.07) is 0. The van der Waals surface area contributed by atoms with Gasteiger partial charge < -0.3 is 10.8 Å². The van der Waals surface area contributed by atoms with Crippen molar-refractivity contribution in [2.45, 2.75) is 53.0 Å². The van der Waals surface area contributed by atoms with Gasteiger partial charge in [0.15, 0.2) is 0 Å². The van der Waals surface area contributed by atoms with Crippen molar-refractivity contribution in [3.8, 4) is 0 Å². The normalized spacial score (nSPS) is 11.7. The van der Waals surface area contributed by atoms with E-state index in [9.17, 15) is 4.79 Å². The number of nitrogens with two attached hydrogens (primary N) is 1. The van der Waals surface area contributed by atoms with Gasteiger partial charge in [-0.25, -0.2) is 4.79 Å². The molecule has 0 aromatic carbocycles. The number of carboxylic acids is 1. The Morgan fingerprint density at radius 3 is 2.00 bits per heavy atom. The Hall–Kier alpha value is -0.830. The van der Waals surface area contributed by atoms with Gasteiger partial charge in [0, 0.05) is 11.1 Å². The molecule has 0 fully saturated rings. The number of unbranched alkanes of at least 4 members (excludes halogenated alkanes) is 1. The molecule has 0 amide bonds. The summed E-state index contributed by atoms with van der Waals surface area (Å²) in [5.74, 6) is -0.816. The molecule has 3 N–H and O–H groups in total. The lowest BCUT2D eigenvalue weighted by Gasteiger charge is -2.06. The second-order valence-electron chi connectivity index (χ2n) is 4.35. The van der Waals surface area contributed by atoms with Crippen LogP contribution >= 0.6 is 0 Å². The quantitative estimate of drug-likeness (QED) is 0.690. The van der Waals surface area contributed by atoms with Gasteiger partial charge in [-0.2, -0.15) is 0 Å². The highest BCUT2D eigenvalue weighted by molar-refractivity contribution is 5.85. The second kappa shape index (κ2) is 7.56. The van der Waals surface area contributed by atoms with Crippen molar-refractivity contribution in [3.63, 3.8) is 0 Å². The number of hydrogen-bond donors (Lipinski definition) is 2. The van der Waals surface area contributed by atoms with Gasteiger partial charge in [-0.3, -0.25) is 0 Å². The Kier molecular flexibility index (Phi) is 8.44. The molecule has 0 aliphatic rings. The maximum absolute atomic E-state index is 10.1. The predicted molar refractivity (Wildman–Crippen MR) is 60.2 cm³/mol. The van der Waals surface area contributed by atoms with Crippen LogP contribution < -0.4 is 5.73 Å². The summed E-state index contributed by atoms with van der Waals surface area (Å²) in [5.41, 5.74) is 5.80. The highest BCUT2D eigenvalue weighted by atomic mass is 16.4. The number of carbonyl (C=O) groups is 1. The third kappa shape index (κ3) is 22.5. The van der Waals surface area contributed by atoms with Crippen LogP contribution in [0.1, 0.15) is 47.5 Å². The van der Waals surface area contributed by atoms with Gasteiger partial charge in [-0.15, -0.1) is 0 Å². The van der Waals surface area contributed by atoms with E-state index in [-0.39, 0.29) is 5.54 Å². The van der Waals surface area contributed by atoms with Crippen LogP contribution in [0.2, 0.25) is 0 Å². The fourth-order valence-electron chi connectivity index (χ4n) is 0.448. The minimum Gasteiger partial charge on any atom is -0.478 e. The molecule has 0 aromatic rings. The molecule has 3 heteroatoms. The van der Waals surface area contributed by atoms with Crippen LogP contribution in [-0.4, -0.2) is 16.6 Å². The van der Waals surface area contributed by atoms with Gasteiger partial charge in [0.1, 0.15) is 0 Å². The van der Waals surface area contributed by atoms with E-state index in [4.69, 9.17) is 10.8 Å². The van der Waals surface area contributed by atoms with E-state index in [1.54, 1.807) is 13.0 Å². The first-order chi connectivity index (χ1) is 6.18. The molecule has 0 aromatic heterocycles. The minimum atomic E-state index is -0.816. The molecule has 0 aliphatic carbocycles. The van der Waals surface area contributed by atoms with Crippen molar-refractivity contribution in [1.82, 2.24) is 0 Å². The maximum atomic E-state index is 10.1. The first kappa shape index (κ1) is 15.6. The summed E-state index contributed by atoms with van der Waals surface area (Å²) in [6.45, 7) is 9.52. The molecule has 3 nitrogen and oxygen atoms in total. The molecule has 0 saturated carbocycles. The number of aliphatic carboxylic acids is 1. The molecular weight excluding hydrogens is 178 g/mol. The number of hydrogen-bond acceptors (Lipinski definition) is 2. The number of allylic oxidation sites excluding steroid dienone is 1. The van der Waals surface area contributed by atoms with Gasteiger partial charge in [-0.1, -0.05) is 19.4 Å². The Labute approximate surface area is 87.0 Å². The number of carboxylic acid groups (broad SMARTS) is 1. The second-order valence-corrected chi connectivity index (χ2v) is 4.35. The van der Waals surface area contributed by atoms with Gasteiger partial charge in [-0.05, 0) is 34.1 Å². The molecule has 0 bridgehead atoms. The fourth-order valence-corrected chi connectivity index (χ4v) is 0.448. The summed E-state index contributed by atoms with van der Waals surface area (Å²) >= 11 is 0. The van der Waals surface area contributed by atoms with Crippen LogP contribution in [0.3, 0.4) is 0 Å². The Morgan fingerprint density at radius 1 is 1.43 bits per heavy atom. The molecular formula is C11H23NO2. The third-order valence-corrected chi connectivity index (χ3v) is 1.08. The largest absolute Gasteiger partial charge is 0.478 e. The molecule has 14 heavy (non-hydrogen) atoms. The Balaban J connectivity index is 0. The van der Waals surface area contributed by atoms with E-state index in [2.05, 4.69) is 0 Å². The standard InChI is InChI=1S/C7H12O2.C4H11N/c1-3-4-5-6(2)7(8)9;1-4(2,3)5/h5H,3-4H2,1-2H3,(H,8,9);5H2,1-3H3. The first-order valence-electron chi connectivity index (χ1n) is 4.87. The maximum Gasteiger partial charge on any atom is 0.330 e. The summed E-state index contributed by atoms with van der Waals surface area (Å²) in [7, 11) is 0. The monoisotopic (exact) mass is 201 g/mol. The summed E-state index contributed by atoms with van der Waals surface area (Å²) in [5, 5.41) is 8.34. The van der Waals surface area contributed by atoms with Crippen LogP contribution in [0.5, 0.6) is 0 Å². The van der Waals surface area contributed by atoms with E-state index < -0.39 is 5.97 Å². The predicted octanol–water partition coefficient (Wildman–Crippen LogP) is 2.56. The Morgan fingerprint density at radius 2 is 1.79 bits per heavy atom. The Bertz CT molecular complexity index is 184. The van der Waals surface area contributed by atoms with Crippen molar-refractivity contribution in [2.24, 2.45) is 5.73 Å². The third-order valence-electron chi connectivity index (χ3n) is 1.08. The first-order valence-corrected chi connectivity index (χ1v) is 4.87. The average Bonchev–Trinajstić information content (AvgIpc) is 1.96. The molecule has 0 aliphatic heterocycles. The molecule has 0 radical (unpaired) electrons. The van der Waals surface area contributed by atoms with Crippen LogP contribution in [-0.2, 0) is 4.79 Å². The SMILES string of the molecule is CC(C)(C)N.CCCC=C(C)C(=O)O. The zero-order valence-corrected chi connectivity index (χ0v) is 9.92. The molecule has 0 heterocycles. The van der Waals surface area contributed by atoms with E-state index in [1.165, 1.54) is 0 Å².